The highest BCUT2D eigenvalue weighted by atomic mass is 28.4. The van der Waals surface area contributed by atoms with Crippen LogP contribution in [0.4, 0.5) is 0 Å². The number of hydrogen-bond donors (Lipinski definition) is 0. The monoisotopic (exact) mass is 306 g/mol. The molecule has 3 heteroatoms. The van der Waals surface area contributed by atoms with Crippen molar-refractivity contribution < 1.29 is 9.22 Å². The van der Waals surface area contributed by atoms with Crippen LogP contribution in [0.1, 0.15) is 40.5 Å². The molecule has 2 rings (SSSR count). The number of fused-ring (bicyclic) bond motifs is 1. The minimum atomic E-state index is -1.74. The second-order valence-corrected chi connectivity index (χ2v) is 13.1. The third kappa shape index (κ3) is 3.57. The molecule has 0 spiro atoms. The van der Waals surface area contributed by atoms with Crippen LogP contribution in [0, 0.1) is 17.8 Å². The molecule has 21 heavy (non-hydrogen) atoms. The lowest BCUT2D eigenvalue weighted by Crippen LogP contribution is -2.44. The second-order valence-electron chi connectivity index (χ2n) is 8.28. The molecule has 0 saturated heterocycles. The van der Waals surface area contributed by atoms with E-state index in [0.29, 0.717) is 17.6 Å². The maximum atomic E-state index is 12.3. The highest BCUT2D eigenvalue weighted by Crippen LogP contribution is 2.41. The van der Waals surface area contributed by atoms with Crippen LogP contribution in [-0.2, 0) is 9.22 Å². The Bertz CT molecular complexity index is 468. The van der Waals surface area contributed by atoms with Gasteiger partial charge in [0.25, 0.3) is 0 Å². The van der Waals surface area contributed by atoms with Crippen LogP contribution >= 0.6 is 0 Å². The Morgan fingerprint density at radius 2 is 2.00 bits per heavy atom. The summed E-state index contributed by atoms with van der Waals surface area (Å²) in [6, 6.07) is 0. The third-order valence-electron chi connectivity index (χ3n) is 5.54. The van der Waals surface area contributed by atoms with E-state index in [4.69, 9.17) is 4.43 Å². The lowest BCUT2D eigenvalue weighted by molar-refractivity contribution is -0.122. The molecule has 0 amide bonds. The molecule has 0 bridgehead atoms. The molecule has 0 aromatic heterocycles. The highest BCUT2D eigenvalue weighted by Gasteiger charge is 2.41. The molecule has 2 aliphatic carbocycles. The molecule has 0 N–H and O–H groups in total. The first-order chi connectivity index (χ1) is 9.62. The molecule has 118 valence electrons. The van der Waals surface area contributed by atoms with Gasteiger partial charge < -0.3 is 4.43 Å². The van der Waals surface area contributed by atoms with Crippen LogP contribution in [0.3, 0.4) is 0 Å². The SMILES string of the molecule is CC1=CC2CC=CC(=O)C2[C@@H](CO[Si](C)(C)C(C)(C)C)C1. The Morgan fingerprint density at radius 3 is 2.62 bits per heavy atom. The lowest BCUT2D eigenvalue weighted by atomic mass is 9.68. The van der Waals surface area contributed by atoms with Gasteiger partial charge in [-0.15, -0.1) is 0 Å². The summed E-state index contributed by atoms with van der Waals surface area (Å²) in [4.78, 5) is 12.3. The number of ketones is 1. The van der Waals surface area contributed by atoms with E-state index in [-0.39, 0.29) is 11.0 Å². The average molecular weight is 307 g/mol. The summed E-state index contributed by atoms with van der Waals surface area (Å²) >= 11 is 0. The third-order valence-corrected chi connectivity index (χ3v) is 10.0. The van der Waals surface area contributed by atoms with Crippen LogP contribution in [-0.4, -0.2) is 20.7 Å². The van der Waals surface area contributed by atoms with E-state index in [2.05, 4.69) is 46.9 Å². The van der Waals surface area contributed by atoms with Gasteiger partial charge >= 0.3 is 0 Å². The number of rotatable bonds is 3. The summed E-state index contributed by atoms with van der Waals surface area (Å²) in [5.41, 5.74) is 1.42. The fraction of sp³-hybridized carbons (Fsp3) is 0.722. The zero-order chi connectivity index (χ0) is 15.8. The minimum Gasteiger partial charge on any atom is -0.417 e. The summed E-state index contributed by atoms with van der Waals surface area (Å²) < 4.78 is 6.41. The van der Waals surface area contributed by atoms with Crippen LogP contribution < -0.4 is 0 Å². The first kappa shape index (κ1) is 16.7. The van der Waals surface area contributed by atoms with Crippen LogP contribution in [0.5, 0.6) is 0 Å². The van der Waals surface area contributed by atoms with Gasteiger partial charge in [0.1, 0.15) is 0 Å². The average Bonchev–Trinajstić information content (AvgIpc) is 2.34. The standard InChI is InChI=1S/C18H30O2Si/c1-13-10-14-8-7-9-16(19)17(14)15(11-13)12-20-21(5,6)18(2,3)4/h7,9-10,14-15,17H,8,11-12H2,1-6H3/t14?,15-,17?/m1/s1. The van der Waals surface area contributed by atoms with Crippen LogP contribution in [0.15, 0.2) is 23.8 Å². The van der Waals surface area contributed by atoms with Crippen molar-refractivity contribution in [1.82, 2.24) is 0 Å². The largest absolute Gasteiger partial charge is 0.417 e. The zero-order valence-corrected chi connectivity index (χ0v) is 15.4. The smallest absolute Gasteiger partial charge is 0.191 e. The van der Waals surface area contributed by atoms with Gasteiger partial charge in [0, 0.05) is 12.5 Å². The number of carbonyl (C=O) groups is 1. The van der Waals surface area contributed by atoms with Gasteiger partial charge in [-0.25, -0.2) is 0 Å². The first-order valence-corrected chi connectivity index (χ1v) is 11.0. The quantitative estimate of drug-likeness (QED) is 0.556. The van der Waals surface area contributed by atoms with E-state index in [1.807, 2.05) is 6.08 Å². The van der Waals surface area contributed by atoms with E-state index in [9.17, 15) is 4.79 Å². The zero-order valence-electron chi connectivity index (χ0n) is 14.4. The molecule has 3 atom stereocenters. The van der Waals surface area contributed by atoms with Gasteiger partial charge in [0.2, 0.25) is 0 Å². The molecular formula is C18H30O2Si. The van der Waals surface area contributed by atoms with Crippen molar-refractivity contribution in [3.63, 3.8) is 0 Å². The van der Waals surface area contributed by atoms with Crippen molar-refractivity contribution in [2.24, 2.45) is 17.8 Å². The summed E-state index contributed by atoms with van der Waals surface area (Å²) in [5, 5.41) is 0.225. The van der Waals surface area contributed by atoms with Crippen LogP contribution in [0.2, 0.25) is 18.1 Å². The number of carbonyl (C=O) groups excluding carboxylic acids is 1. The fourth-order valence-electron chi connectivity index (χ4n) is 3.23. The van der Waals surface area contributed by atoms with Gasteiger partial charge in [0.05, 0.1) is 0 Å². The Hall–Kier alpha value is -0.673. The van der Waals surface area contributed by atoms with Crippen molar-refractivity contribution in [2.75, 3.05) is 6.61 Å². The van der Waals surface area contributed by atoms with Crippen molar-refractivity contribution in [3.05, 3.63) is 23.8 Å². The maximum absolute atomic E-state index is 12.3. The molecule has 2 aliphatic rings. The molecule has 0 aromatic rings. The van der Waals surface area contributed by atoms with Gasteiger partial charge in [0.15, 0.2) is 14.1 Å². The predicted octanol–water partition coefficient (Wildman–Crippen LogP) is 4.74. The van der Waals surface area contributed by atoms with E-state index >= 15 is 0 Å². The fourth-order valence-corrected chi connectivity index (χ4v) is 4.30. The van der Waals surface area contributed by atoms with Crippen LogP contribution in [0.25, 0.3) is 0 Å². The summed E-state index contributed by atoms with van der Waals surface area (Å²) in [5.74, 6) is 1.19. The minimum absolute atomic E-state index is 0.142. The Morgan fingerprint density at radius 1 is 1.33 bits per heavy atom. The first-order valence-electron chi connectivity index (χ1n) is 8.13. The molecule has 2 nitrogen and oxygen atoms in total. The maximum Gasteiger partial charge on any atom is 0.191 e. The highest BCUT2D eigenvalue weighted by molar-refractivity contribution is 6.74. The Kier molecular flexibility index (Phi) is 4.65. The predicted molar refractivity (Wildman–Crippen MR) is 90.8 cm³/mol. The van der Waals surface area contributed by atoms with Crippen molar-refractivity contribution in [2.45, 2.75) is 58.7 Å². The van der Waals surface area contributed by atoms with E-state index in [1.165, 1.54) is 5.57 Å². The Balaban J connectivity index is 2.11. The van der Waals surface area contributed by atoms with Gasteiger partial charge in [-0.3, -0.25) is 4.79 Å². The molecule has 0 aliphatic heterocycles. The topological polar surface area (TPSA) is 26.3 Å². The summed E-state index contributed by atoms with van der Waals surface area (Å²) in [6.45, 7) is 14.3. The Labute approximate surface area is 130 Å². The molecule has 0 fully saturated rings. The van der Waals surface area contributed by atoms with Crippen molar-refractivity contribution in [3.8, 4) is 0 Å². The second kappa shape index (κ2) is 5.84. The summed E-state index contributed by atoms with van der Waals surface area (Å²) in [6.07, 6.45) is 8.15. The molecular weight excluding hydrogens is 276 g/mol. The molecule has 0 heterocycles. The lowest BCUT2D eigenvalue weighted by Gasteiger charge is -2.41. The van der Waals surface area contributed by atoms with Gasteiger partial charge in [-0.05, 0) is 55.8 Å². The summed E-state index contributed by atoms with van der Waals surface area (Å²) in [7, 11) is -1.74. The number of hydrogen-bond acceptors (Lipinski definition) is 2. The molecule has 0 radical (unpaired) electrons. The van der Waals surface area contributed by atoms with Crippen molar-refractivity contribution >= 4 is 14.1 Å². The van der Waals surface area contributed by atoms with E-state index in [0.717, 1.165) is 19.4 Å². The molecule has 0 aromatic carbocycles. The van der Waals surface area contributed by atoms with Gasteiger partial charge in [-0.1, -0.05) is 38.5 Å². The van der Waals surface area contributed by atoms with E-state index in [1.54, 1.807) is 6.08 Å². The normalized spacial score (nSPS) is 30.1. The molecule has 0 saturated carbocycles. The molecule has 2 unspecified atom stereocenters. The van der Waals surface area contributed by atoms with Crippen molar-refractivity contribution in [1.29, 1.82) is 0 Å². The van der Waals surface area contributed by atoms with E-state index < -0.39 is 8.32 Å². The van der Waals surface area contributed by atoms with Gasteiger partial charge in [-0.2, -0.15) is 0 Å². The number of allylic oxidation sites excluding steroid dienone is 4.